The van der Waals surface area contributed by atoms with Gasteiger partial charge in [0.15, 0.2) is 0 Å². The van der Waals surface area contributed by atoms with E-state index in [1.165, 1.54) is 28.8 Å². The zero-order valence-corrected chi connectivity index (χ0v) is 21.7. The lowest BCUT2D eigenvalue weighted by molar-refractivity contribution is -0.0271. The van der Waals surface area contributed by atoms with E-state index in [2.05, 4.69) is 64.3 Å². The number of halogens is 1. The maximum Gasteiger partial charge on any atom is 0.123 e. The van der Waals surface area contributed by atoms with Gasteiger partial charge < -0.3 is 4.74 Å². The molecule has 192 valence electrons. The van der Waals surface area contributed by atoms with Crippen molar-refractivity contribution in [2.75, 3.05) is 33.3 Å². The monoisotopic (exact) mass is 498 g/mol. The first-order chi connectivity index (χ1) is 18.1. The number of methoxy groups -OCH3 is 1. The minimum atomic E-state index is -0.237. The molecule has 0 radical (unpaired) electrons. The van der Waals surface area contributed by atoms with E-state index in [0.29, 0.717) is 18.1 Å². The summed E-state index contributed by atoms with van der Waals surface area (Å²) in [6.45, 7) is 7.47. The van der Waals surface area contributed by atoms with Gasteiger partial charge in [-0.15, -0.1) is 0 Å². The molecule has 0 spiro atoms. The Hall–Kier alpha value is -3.06. The molecule has 3 aromatic carbocycles. The molecule has 2 fully saturated rings. The van der Waals surface area contributed by atoms with Crippen LogP contribution in [0.2, 0.25) is 0 Å². The molecule has 4 aromatic rings. The molecule has 0 N–H and O–H groups in total. The number of aromatic nitrogens is 2. The highest BCUT2D eigenvalue weighted by atomic mass is 19.1. The van der Waals surface area contributed by atoms with E-state index in [0.717, 1.165) is 62.2 Å². The fourth-order valence-electron chi connectivity index (χ4n) is 6.07. The molecule has 5 nitrogen and oxygen atoms in total. The summed E-state index contributed by atoms with van der Waals surface area (Å²) >= 11 is 0. The van der Waals surface area contributed by atoms with Crippen molar-refractivity contribution in [2.24, 2.45) is 5.92 Å². The Morgan fingerprint density at radius 3 is 2.54 bits per heavy atom. The summed E-state index contributed by atoms with van der Waals surface area (Å²) in [5.41, 5.74) is 5.94. The van der Waals surface area contributed by atoms with E-state index >= 15 is 0 Å². The second kappa shape index (κ2) is 10.4. The number of nitrogens with zero attached hydrogens (tertiary/aromatic N) is 4. The maximum atomic E-state index is 13.5. The van der Waals surface area contributed by atoms with E-state index in [9.17, 15) is 4.39 Å². The average molecular weight is 499 g/mol. The fourth-order valence-corrected chi connectivity index (χ4v) is 6.07. The van der Waals surface area contributed by atoms with Crippen LogP contribution in [0.3, 0.4) is 0 Å². The minimum Gasteiger partial charge on any atom is -0.381 e. The van der Waals surface area contributed by atoms with Gasteiger partial charge in [0.05, 0.1) is 23.5 Å². The van der Waals surface area contributed by atoms with Crippen molar-refractivity contribution in [3.8, 4) is 5.69 Å². The van der Waals surface area contributed by atoms with E-state index < -0.39 is 0 Å². The van der Waals surface area contributed by atoms with Gasteiger partial charge in [0.2, 0.25) is 0 Å². The molecule has 0 amide bonds. The van der Waals surface area contributed by atoms with Gasteiger partial charge in [0.1, 0.15) is 5.82 Å². The first kappa shape index (κ1) is 24.3. The Kier molecular flexibility index (Phi) is 6.80. The molecule has 2 heterocycles. The molecule has 1 atom stereocenters. The van der Waals surface area contributed by atoms with E-state index in [4.69, 9.17) is 4.74 Å². The molecule has 6 heteroatoms. The van der Waals surface area contributed by atoms with Crippen LogP contribution in [0.25, 0.3) is 16.6 Å². The zero-order valence-electron chi connectivity index (χ0n) is 21.7. The first-order valence-corrected chi connectivity index (χ1v) is 13.3. The third-order valence-electron chi connectivity index (χ3n) is 8.23. The fraction of sp³-hybridized carbons (Fsp3) is 0.387. The quantitative estimate of drug-likeness (QED) is 0.325. The topological polar surface area (TPSA) is 33.5 Å². The van der Waals surface area contributed by atoms with Crippen LogP contribution in [-0.2, 0) is 11.3 Å². The Bertz CT molecular complexity index is 1350. The lowest BCUT2D eigenvalue weighted by Gasteiger charge is -2.46. The largest absolute Gasteiger partial charge is 0.381 e. The number of hydrogen-bond donors (Lipinski definition) is 0. The molecule has 6 rings (SSSR count). The molecule has 0 unspecified atom stereocenters. The van der Waals surface area contributed by atoms with Gasteiger partial charge in [-0.25, -0.2) is 9.07 Å². The Balaban J connectivity index is 1.30. The standard InChI is InChI=1S/C31H35FN4O/c1-22-14-30-25(18-33-36(30)27-10-8-26(32)9-11-27)17-29(22)31-21-34(19-23-6-4-3-5-7-23)12-13-35(31)20-24-15-28(16-24)37-2/h3-11,14,17-18,24,28,31H,12-13,15-16,19-21H2,1-2H3/t24-,28+,31-/m0/s1. The number of piperazine rings is 1. The SMILES string of the molecule is CO[C@H]1C[C@@H](CN2CCN(Cc3ccccc3)C[C@H]2c2cc3cnn(-c4ccc(F)cc4)c3cc2C)C1. The number of aryl methyl sites for hydroxylation is 1. The number of ether oxygens (including phenoxy) is 1. The second-order valence-corrected chi connectivity index (χ2v) is 10.7. The summed E-state index contributed by atoms with van der Waals surface area (Å²) < 4.78 is 21.0. The van der Waals surface area contributed by atoms with Gasteiger partial charge in [-0.1, -0.05) is 30.3 Å². The molecule has 1 saturated heterocycles. The van der Waals surface area contributed by atoms with Crippen molar-refractivity contribution in [1.82, 2.24) is 19.6 Å². The van der Waals surface area contributed by atoms with Crippen molar-refractivity contribution >= 4 is 10.9 Å². The zero-order chi connectivity index (χ0) is 25.4. The van der Waals surface area contributed by atoms with Crippen molar-refractivity contribution in [3.63, 3.8) is 0 Å². The molecule has 2 aliphatic rings. The lowest BCUT2D eigenvalue weighted by atomic mass is 9.81. The van der Waals surface area contributed by atoms with Crippen LogP contribution in [0.15, 0.2) is 72.9 Å². The van der Waals surface area contributed by atoms with Crippen LogP contribution < -0.4 is 0 Å². The van der Waals surface area contributed by atoms with E-state index in [-0.39, 0.29) is 5.82 Å². The first-order valence-electron chi connectivity index (χ1n) is 13.3. The lowest BCUT2D eigenvalue weighted by Crippen LogP contribution is -2.51. The van der Waals surface area contributed by atoms with Crippen molar-refractivity contribution in [2.45, 2.75) is 38.5 Å². The van der Waals surface area contributed by atoms with Crippen molar-refractivity contribution in [1.29, 1.82) is 0 Å². The highest BCUT2D eigenvalue weighted by Gasteiger charge is 2.35. The second-order valence-electron chi connectivity index (χ2n) is 10.7. The molecular weight excluding hydrogens is 463 g/mol. The minimum absolute atomic E-state index is 0.237. The van der Waals surface area contributed by atoms with E-state index in [1.54, 1.807) is 12.1 Å². The van der Waals surface area contributed by atoms with Gasteiger partial charge in [-0.05, 0) is 78.8 Å². The normalized spacial score (nSPS) is 22.8. The highest BCUT2D eigenvalue weighted by Crippen LogP contribution is 2.36. The molecule has 1 aliphatic heterocycles. The van der Waals surface area contributed by atoms with Crippen LogP contribution >= 0.6 is 0 Å². The van der Waals surface area contributed by atoms with Crippen LogP contribution in [0.1, 0.15) is 35.6 Å². The third kappa shape index (κ3) is 5.06. The third-order valence-corrected chi connectivity index (χ3v) is 8.23. The molecule has 1 aliphatic carbocycles. The Labute approximate surface area is 218 Å². The van der Waals surface area contributed by atoms with Crippen LogP contribution in [0, 0.1) is 18.7 Å². The Morgan fingerprint density at radius 2 is 1.78 bits per heavy atom. The van der Waals surface area contributed by atoms with Crippen molar-refractivity contribution < 1.29 is 9.13 Å². The number of benzene rings is 3. The summed E-state index contributed by atoms with van der Waals surface area (Å²) in [4.78, 5) is 5.30. The van der Waals surface area contributed by atoms with Gasteiger partial charge >= 0.3 is 0 Å². The molecule has 1 aromatic heterocycles. The summed E-state index contributed by atoms with van der Waals surface area (Å²) in [5.74, 6) is 0.470. The number of rotatable bonds is 7. The van der Waals surface area contributed by atoms with Crippen LogP contribution in [0.5, 0.6) is 0 Å². The maximum absolute atomic E-state index is 13.5. The molecule has 37 heavy (non-hydrogen) atoms. The smallest absolute Gasteiger partial charge is 0.123 e. The summed E-state index contributed by atoms with van der Waals surface area (Å²) in [6.07, 6.45) is 4.69. The summed E-state index contributed by atoms with van der Waals surface area (Å²) in [7, 11) is 1.83. The average Bonchev–Trinajstić information content (AvgIpc) is 3.29. The molecular formula is C31H35FN4O. The van der Waals surface area contributed by atoms with Crippen LogP contribution in [0.4, 0.5) is 4.39 Å². The van der Waals surface area contributed by atoms with Gasteiger partial charge in [0.25, 0.3) is 0 Å². The predicted molar refractivity (Wildman–Crippen MR) is 145 cm³/mol. The summed E-state index contributed by atoms with van der Waals surface area (Å²) in [6, 6.07) is 22.2. The van der Waals surface area contributed by atoms with Gasteiger partial charge in [0, 0.05) is 51.3 Å². The van der Waals surface area contributed by atoms with Gasteiger partial charge in [-0.3, -0.25) is 9.80 Å². The number of fused-ring (bicyclic) bond motifs is 1. The Morgan fingerprint density at radius 1 is 1.00 bits per heavy atom. The van der Waals surface area contributed by atoms with Crippen LogP contribution in [-0.4, -0.2) is 59.0 Å². The number of hydrogen-bond acceptors (Lipinski definition) is 4. The molecule has 1 saturated carbocycles. The predicted octanol–water partition coefficient (Wildman–Crippen LogP) is 5.76. The molecule has 0 bridgehead atoms. The van der Waals surface area contributed by atoms with Gasteiger partial charge in [-0.2, -0.15) is 5.10 Å². The van der Waals surface area contributed by atoms with E-state index in [1.807, 2.05) is 18.0 Å². The van der Waals surface area contributed by atoms with Crippen molar-refractivity contribution in [3.05, 3.63) is 95.4 Å². The summed E-state index contributed by atoms with van der Waals surface area (Å²) in [5, 5.41) is 5.78. The highest BCUT2D eigenvalue weighted by molar-refractivity contribution is 5.82.